The predicted octanol–water partition coefficient (Wildman–Crippen LogP) is -0.904. The van der Waals surface area contributed by atoms with Crippen molar-refractivity contribution in [1.29, 1.82) is 0 Å². The Hall–Kier alpha value is -1.73. The first-order valence-electron chi connectivity index (χ1n) is 6.67. The molecule has 2 N–H and O–H groups in total. The summed E-state index contributed by atoms with van der Waals surface area (Å²) >= 11 is 0. The summed E-state index contributed by atoms with van der Waals surface area (Å²) in [6, 6.07) is 1.76. The SMILES string of the molecule is CNCC(=O)N(C)C[C@@]1(O)CCN(c2ncccn2)C1. The highest BCUT2D eigenvalue weighted by Gasteiger charge is 2.38. The Morgan fingerprint density at radius 1 is 1.55 bits per heavy atom. The molecule has 7 nitrogen and oxygen atoms in total. The van der Waals surface area contributed by atoms with E-state index in [0.29, 0.717) is 32.0 Å². The van der Waals surface area contributed by atoms with Gasteiger partial charge in [-0.1, -0.05) is 0 Å². The minimum atomic E-state index is -0.905. The Morgan fingerprint density at radius 2 is 2.25 bits per heavy atom. The molecule has 7 heteroatoms. The van der Waals surface area contributed by atoms with Crippen LogP contribution in [0.3, 0.4) is 0 Å². The Labute approximate surface area is 118 Å². The minimum absolute atomic E-state index is 0.0321. The van der Waals surface area contributed by atoms with Gasteiger partial charge >= 0.3 is 0 Å². The van der Waals surface area contributed by atoms with Crippen LogP contribution in [-0.4, -0.2) is 71.8 Å². The summed E-state index contributed by atoms with van der Waals surface area (Å²) in [4.78, 5) is 23.6. The van der Waals surface area contributed by atoms with E-state index < -0.39 is 5.60 Å². The third-order valence-electron chi connectivity index (χ3n) is 3.45. The summed E-state index contributed by atoms with van der Waals surface area (Å²) in [6.45, 7) is 1.72. The molecule has 0 bridgehead atoms. The Bertz CT molecular complexity index is 455. The van der Waals surface area contributed by atoms with Crippen molar-refractivity contribution in [3.63, 3.8) is 0 Å². The summed E-state index contributed by atoms with van der Waals surface area (Å²) in [5, 5.41) is 13.4. The number of β-amino-alcohol motifs (C(OH)–C–C–N with tert-alkyl or cyclic N) is 1. The van der Waals surface area contributed by atoms with Crippen LogP contribution >= 0.6 is 0 Å². The van der Waals surface area contributed by atoms with Crippen molar-refractivity contribution in [2.24, 2.45) is 0 Å². The van der Waals surface area contributed by atoms with Crippen molar-refractivity contribution >= 4 is 11.9 Å². The van der Waals surface area contributed by atoms with Crippen molar-refractivity contribution in [3.05, 3.63) is 18.5 Å². The lowest BCUT2D eigenvalue weighted by Crippen LogP contribution is -2.47. The van der Waals surface area contributed by atoms with Gasteiger partial charge in [0, 0.05) is 26.0 Å². The lowest BCUT2D eigenvalue weighted by Gasteiger charge is -2.29. The van der Waals surface area contributed by atoms with Crippen LogP contribution in [0, 0.1) is 0 Å². The van der Waals surface area contributed by atoms with Gasteiger partial charge in [-0.15, -0.1) is 0 Å². The predicted molar refractivity (Wildman–Crippen MR) is 75.4 cm³/mol. The van der Waals surface area contributed by atoms with Crippen LogP contribution in [0.15, 0.2) is 18.5 Å². The van der Waals surface area contributed by atoms with Gasteiger partial charge in [0.2, 0.25) is 11.9 Å². The number of nitrogens with zero attached hydrogens (tertiary/aromatic N) is 4. The summed E-state index contributed by atoms with van der Waals surface area (Å²) in [7, 11) is 3.43. The van der Waals surface area contributed by atoms with E-state index in [0.717, 1.165) is 0 Å². The monoisotopic (exact) mass is 279 g/mol. The second kappa shape index (κ2) is 6.15. The Morgan fingerprint density at radius 3 is 2.90 bits per heavy atom. The van der Waals surface area contributed by atoms with Gasteiger partial charge in [-0.2, -0.15) is 0 Å². The molecule has 1 aliphatic rings. The number of nitrogens with one attached hydrogen (secondary N) is 1. The summed E-state index contributed by atoms with van der Waals surface area (Å²) in [5.74, 6) is 0.586. The zero-order valence-electron chi connectivity index (χ0n) is 11.9. The van der Waals surface area contributed by atoms with Gasteiger partial charge in [0.25, 0.3) is 0 Å². The van der Waals surface area contributed by atoms with Crippen LogP contribution < -0.4 is 10.2 Å². The van der Waals surface area contributed by atoms with Gasteiger partial charge in [0.05, 0.1) is 19.6 Å². The molecule has 1 aromatic rings. The molecule has 1 aliphatic heterocycles. The highest BCUT2D eigenvalue weighted by molar-refractivity contribution is 5.78. The topological polar surface area (TPSA) is 81.6 Å². The van der Waals surface area contributed by atoms with E-state index in [2.05, 4.69) is 15.3 Å². The first-order valence-corrected chi connectivity index (χ1v) is 6.67. The molecule has 1 aromatic heterocycles. The second-order valence-electron chi connectivity index (χ2n) is 5.22. The summed E-state index contributed by atoms with van der Waals surface area (Å²) < 4.78 is 0. The fraction of sp³-hybridized carbons (Fsp3) is 0.615. The van der Waals surface area contributed by atoms with Crippen LogP contribution in [0.1, 0.15) is 6.42 Å². The van der Waals surface area contributed by atoms with Crippen LogP contribution in [0.2, 0.25) is 0 Å². The van der Waals surface area contributed by atoms with Crippen LogP contribution in [0.25, 0.3) is 0 Å². The first kappa shape index (κ1) is 14.7. The van der Waals surface area contributed by atoms with E-state index in [1.54, 1.807) is 37.5 Å². The van der Waals surface area contributed by atoms with Crippen molar-refractivity contribution < 1.29 is 9.90 Å². The van der Waals surface area contributed by atoms with Gasteiger partial charge < -0.3 is 20.2 Å². The molecule has 1 atom stereocenters. The van der Waals surface area contributed by atoms with Crippen LogP contribution in [-0.2, 0) is 4.79 Å². The molecular formula is C13H21N5O2. The third-order valence-corrected chi connectivity index (χ3v) is 3.45. The molecule has 2 rings (SSSR count). The molecule has 1 amide bonds. The average molecular weight is 279 g/mol. The number of aliphatic hydroxyl groups is 1. The molecule has 110 valence electrons. The number of carbonyl (C=O) groups is 1. The highest BCUT2D eigenvalue weighted by Crippen LogP contribution is 2.24. The normalized spacial score (nSPS) is 22.1. The fourth-order valence-electron chi connectivity index (χ4n) is 2.43. The number of aromatic nitrogens is 2. The molecule has 2 heterocycles. The van der Waals surface area contributed by atoms with Crippen molar-refractivity contribution in [2.75, 3.05) is 45.2 Å². The summed E-state index contributed by atoms with van der Waals surface area (Å²) in [5.41, 5.74) is -0.905. The number of hydrogen-bond acceptors (Lipinski definition) is 6. The van der Waals surface area contributed by atoms with Gasteiger partial charge in [-0.3, -0.25) is 4.79 Å². The number of anilines is 1. The molecule has 0 aliphatic carbocycles. The Kier molecular flexibility index (Phi) is 4.51. The molecule has 1 saturated heterocycles. The highest BCUT2D eigenvalue weighted by atomic mass is 16.3. The van der Waals surface area contributed by atoms with E-state index in [1.807, 2.05) is 4.90 Å². The quantitative estimate of drug-likeness (QED) is 0.727. The molecule has 1 fully saturated rings. The first-order chi connectivity index (χ1) is 9.54. The number of likely N-dealkylation sites (N-methyl/N-ethyl adjacent to an activating group) is 2. The van der Waals surface area contributed by atoms with Gasteiger partial charge in [0.1, 0.15) is 5.60 Å². The second-order valence-corrected chi connectivity index (χ2v) is 5.22. The molecule has 0 radical (unpaired) electrons. The lowest BCUT2D eigenvalue weighted by molar-refractivity contribution is -0.131. The van der Waals surface area contributed by atoms with E-state index in [1.165, 1.54) is 0 Å². The standard InChI is InChI=1S/C13H21N5O2/c1-14-8-11(19)17(2)9-13(20)4-7-18(10-13)12-15-5-3-6-16-12/h3,5-6,14,20H,4,7-10H2,1-2H3/t13-/m0/s1. The smallest absolute Gasteiger partial charge is 0.236 e. The molecule has 0 unspecified atom stereocenters. The molecule has 20 heavy (non-hydrogen) atoms. The maximum absolute atomic E-state index is 11.7. The van der Waals surface area contributed by atoms with Crippen LogP contribution in [0.4, 0.5) is 5.95 Å². The van der Waals surface area contributed by atoms with E-state index in [9.17, 15) is 9.90 Å². The van der Waals surface area contributed by atoms with E-state index >= 15 is 0 Å². The van der Waals surface area contributed by atoms with Gasteiger partial charge in [-0.25, -0.2) is 9.97 Å². The van der Waals surface area contributed by atoms with E-state index in [4.69, 9.17) is 0 Å². The summed E-state index contributed by atoms with van der Waals surface area (Å²) in [6.07, 6.45) is 3.97. The molecule has 0 saturated carbocycles. The molecular weight excluding hydrogens is 258 g/mol. The average Bonchev–Trinajstić information content (AvgIpc) is 2.82. The lowest BCUT2D eigenvalue weighted by atomic mass is 10.0. The van der Waals surface area contributed by atoms with E-state index in [-0.39, 0.29) is 12.5 Å². The zero-order chi connectivity index (χ0) is 14.6. The van der Waals surface area contributed by atoms with Crippen molar-refractivity contribution in [3.8, 4) is 0 Å². The number of hydrogen-bond donors (Lipinski definition) is 2. The van der Waals surface area contributed by atoms with Gasteiger partial charge in [-0.05, 0) is 19.5 Å². The van der Waals surface area contributed by atoms with Crippen molar-refractivity contribution in [1.82, 2.24) is 20.2 Å². The molecule has 0 aromatic carbocycles. The molecule has 0 spiro atoms. The van der Waals surface area contributed by atoms with Gasteiger partial charge in [0.15, 0.2) is 0 Å². The number of amides is 1. The fourth-order valence-corrected chi connectivity index (χ4v) is 2.43. The Balaban J connectivity index is 1.95. The zero-order valence-corrected chi connectivity index (χ0v) is 11.9. The number of rotatable bonds is 5. The maximum Gasteiger partial charge on any atom is 0.236 e. The van der Waals surface area contributed by atoms with Crippen LogP contribution in [0.5, 0.6) is 0 Å². The third kappa shape index (κ3) is 3.43. The largest absolute Gasteiger partial charge is 0.386 e. The number of carbonyl (C=O) groups excluding carboxylic acids is 1. The van der Waals surface area contributed by atoms with Crippen molar-refractivity contribution in [2.45, 2.75) is 12.0 Å². The maximum atomic E-state index is 11.7. The minimum Gasteiger partial charge on any atom is -0.386 e.